The fourth-order valence-electron chi connectivity index (χ4n) is 2.37. The standard InChI is InChI=1S/C13H18ClN3O3S/c1-2-16-13(18)10-4-7-17(8-5-10)21(19,20)12-9-15-6-3-11(12)14/h3,6,9-10H,2,4-5,7-8H2,1H3,(H,16,18). The second-order valence-corrected chi connectivity index (χ2v) is 7.19. The third-order valence-corrected chi connectivity index (χ3v) is 5.90. The molecule has 2 rings (SSSR count). The second-order valence-electron chi connectivity index (χ2n) is 4.88. The van der Waals surface area contributed by atoms with Gasteiger partial charge < -0.3 is 5.32 Å². The van der Waals surface area contributed by atoms with Crippen LogP contribution in [0.5, 0.6) is 0 Å². The van der Waals surface area contributed by atoms with Gasteiger partial charge in [0, 0.05) is 37.9 Å². The van der Waals surface area contributed by atoms with Crippen molar-refractivity contribution in [2.45, 2.75) is 24.7 Å². The minimum Gasteiger partial charge on any atom is -0.356 e. The molecule has 0 bridgehead atoms. The van der Waals surface area contributed by atoms with Gasteiger partial charge in [0.15, 0.2) is 0 Å². The average Bonchev–Trinajstić information content (AvgIpc) is 2.48. The first-order valence-corrected chi connectivity index (χ1v) is 8.66. The van der Waals surface area contributed by atoms with Crippen LogP contribution in [0.4, 0.5) is 0 Å². The zero-order valence-electron chi connectivity index (χ0n) is 11.8. The molecule has 0 spiro atoms. The number of rotatable bonds is 4. The van der Waals surface area contributed by atoms with Crippen LogP contribution in [0, 0.1) is 5.92 Å². The SMILES string of the molecule is CCNC(=O)C1CCN(S(=O)(=O)c2cnccc2Cl)CC1. The lowest BCUT2D eigenvalue weighted by atomic mass is 9.97. The second kappa shape index (κ2) is 6.72. The summed E-state index contributed by atoms with van der Waals surface area (Å²) in [6, 6.07) is 1.45. The highest BCUT2D eigenvalue weighted by molar-refractivity contribution is 7.89. The number of nitrogens with one attached hydrogen (secondary N) is 1. The molecule has 0 aliphatic carbocycles. The van der Waals surface area contributed by atoms with Gasteiger partial charge in [0.2, 0.25) is 15.9 Å². The van der Waals surface area contributed by atoms with Crippen molar-refractivity contribution in [2.24, 2.45) is 5.92 Å². The monoisotopic (exact) mass is 331 g/mol. The predicted molar refractivity (Wildman–Crippen MR) is 79.4 cm³/mol. The zero-order chi connectivity index (χ0) is 15.5. The summed E-state index contributed by atoms with van der Waals surface area (Å²) in [5.41, 5.74) is 0. The molecule has 1 amide bonds. The highest BCUT2D eigenvalue weighted by Gasteiger charge is 2.33. The van der Waals surface area contributed by atoms with Crippen molar-refractivity contribution in [3.63, 3.8) is 0 Å². The van der Waals surface area contributed by atoms with Crippen LogP contribution >= 0.6 is 11.6 Å². The molecule has 6 nitrogen and oxygen atoms in total. The van der Waals surface area contributed by atoms with E-state index < -0.39 is 10.0 Å². The van der Waals surface area contributed by atoms with E-state index in [2.05, 4.69) is 10.3 Å². The Morgan fingerprint density at radius 2 is 2.14 bits per heavy atom. The Morgan fingerprint density at radius 1 is 1.48 bits per heavy atom. The Bertz CT molecular complexity index is 613. The molecule has 1 aromatic rings. The molecular formula is C13H18ClN3O3S. The number of sulfonamides is 1. The topological polar surface area (TPSA) is 79.4 Å². The van der Waals surface area contributed by atoms with Crippen LogP contribution in [0.3, 0.4) is 0 Å². The molecule has 0 unspecified atom stereocenters. The smallest absolute Gasteiger partial charge is 0.246 e. The van der Waals surface area contributed by atoms with E-state index >= 15 is 0 Å². The number of amides is 1. The van der Waals surface area contributed by atoms with Gasteiger partial charge in [-0.2, -0.15) is 4.31 Å². The predicted octanol–water partition coefficient (Wildman–Crippen LogP) is 1.27. The van der Waals surface area contributed by atoms with Gasteiger partial charge >= 0.3 is 0 Å². The number of nitrogens with zero attached hydrogens (tertiary/aromatic N) is 2. The number of aromatic nitrogens is 1. The number of carbonyl (C=O) groups excluding carboxylic acids is 1. The summed E-state index contributed by atoms with van der Waals surface area (Å²) in [7, 11) is -3.65. The van der Waals surface area contributed by atoms with Gasteiger partial charge in [0.25, 0.3) is 0 Å². The molecule has 0 atom stereocenters. The van der Waals surface area contributed by atoms with E-state index in [0.29, 0.717) is 32.5 Å². The van der Waals surface area contributed by atoms with E-state index in [4.69, 9.17) is 11.6 Å². The minimum absolute atomic E-state index is 0.00559. The Hall–Kier alpha value is -1.18. The number of piperidine rings is 1. The number of hydrogen-bond donors (Lipinski definition) is 1. The molecule has 1 fully saturated rings. The van der Waals surface area contributed by atoms with E-state index in [1.165, 1.54) is 22.8 Å². The lowest BCUT2D eigenvalue weighted by Crippen LogP contribution is -2.43. The zero-order valence-corrected chi connectivity index (χ0v) is 13.3. The molecule has 8 heteroatoms. The summed E-state index contributed by atoms with van der Waals surface area (Å²) in [5.74, 6) is -0.130. The van der Waals surface area contributed by atoms with Gasteiger partial charge in [-0.05, 0) is 25.8 Å². The van der Waals surface area contributed by atoms with Crippen LogP contribution in [0.1, 0.15) is 19.8 Å². The normalized spacial score (nSPS) is 17.6. The first-order valence-electron chi connectivity index (χ1n) is 6.84. The third-order valence-electron chi connectivity index (χ3n) is 3.53. The van der Waals surface area contributed by atoms with Gasteiger partial charge in [0.1, 0.15) is 4.90 Å². The minimum atomic E-state index is -3.65. The molecule has 0 radical (unpaired) electrons. The summed E-state index contributed by atoms with van der Waals surface area (Å²) in [5, 5.41) is 2.93. The van der Waals surface area contributed by atoms with E-state index in [-0.39, 0.29) is 21.7 Å². The van der Waals surface area contributed by atoms with Crippen molar-refractivity contribution in [1.29, 1.82) is 0 Å². The molecule has 21 heavy (non-hydrogen) atoms. The Kier molecular flexibility index (Phi) is 5.18. The molecule has 0 saturated carbocycles. The van der Waals surface area contributed by atoms with Gasteiger partial charge in [-0.3, -0.25) is 9.78 Å². The summed E-state index contributed by atoms with van der Waals surface area (Å²) >= 11 is 5.94. The summed E-state index contributed by atoms with van der Waals surface area (Å²) < 4.78 is 26.4. The Balaban J connectivity index is 2.08. The number of pyridine rings is 1. The van der Waals surface area contributed by atoms with Gasteiger partial charge in [-0.15, -0.1) is 0 Å². The highest BCUT2D eigenvalue weighted by atomic mass is 35.5. The van der Waals surface area contributed by atoms with Crippen LogP contribution in [0.15, 0.2) is 23.4 Å². The maximum absolute atomic E-state index is 12.5. The Labute approximate surface area is 129 Å². The largest absolute Gasteiger partial charge is 0.356 e. The van der Waals surface area contributed by atoms with Crippen LogP contribution in [-0.4, -0.2) is 43.2 Å². The van der Waals surface area contributed by atoms with Crippen molar-refractivity contribution < 1.29 is 13.2 Å². The molecule has 2 heterocycles. The quantitative estimate of drug-likeness (QED) is 0.901. The van der Waals surface area contributed by atoms with Crippen molar-refractivity contribution in [1.82, 2.24) is 14.6 Å². The summed E-state index contributed by atoms with van der Waals surface area (Å²) in [4.78, 5) is 15.6. The van der Waals surface area contributed by atoms with E-state index in [1.54, 1.807) is 0 Å². The van der Waals surface area contributed by atoms with Crippen LogP contribution in [0.25, 0.3) is 0 Å². The molecular weight excluding hydrogens is 314 g/mol. The number of hydrogen-bond acceptors (Lipinski definition) is 4. The average molecular weight is 332 g/mol. The van der Waals surface area contributed by atoms with E-state index in [1.807, 2.05) is 6.92 Å². The molecule has 0 aromatic carbocycles. The summed E-state index contributed by atoms with van der Waals surface area (Å²) in [6.07, 6.45) is 3.74. The number of halogens is 1. The Morgan fingerprint density at radius 3 is 2.71 bits per heavy atom. The maximum Gasteiger partial charge on any atom is 0.246 e. The first-order chi connectivity index (χ1) is 9.96. The molecule has 1 saturated heterocycles. The van der Waals surface area contributed by atoms with Gasteiger partial charge in [-0.25, -0.2) is 8.42 Å². The lowest BCUT2D eigenvalue weighted by Gasteiger charge is -2.30. The van der Waals surface area contributed by atoms with Crippen LogP contribution in [0.2, 0.25) is 5.02 Å². The molecule has 1 N–H and O–H groups in total. The fraction of sp³-hybridized carbons (Fsp3) is 0.538. The number of carbonyl (C=O) groups is 1. The van der Waals surface area contributed by atoms with Crippen molar-refractivity contribution in [2.75, 3.05) is 19.6 Å². The molecule has 1 aliphatic heterocycles. The van der Waals surface area contributed by atoms with Crippen LogP contribution < -0.4 is 5.32 Å². The van der Waals surface area contributed by atoms with E-state index in [9.17, 15) is 13.2 Å². The molecule has 116 valence electrons. The third kappa shape index (κ3) is 3.53. The lowest BCUT2D eigenvalue weighted by molar-refractivity contribution is -0.126. The van der Waals surface area contributed by atoms with Gasteiger partial charge in [0.05, 0.1) is 5.02 Å². The molecule has 1 aromatic heterocycles. The van der Waals surface area contributed by atoms with Crippen molar-refractivity contribution in [3.05, 3.63) is 23.5 Å². The fourth-order valence-corrected chi connectivity index (χ4v) is 4.24. The molecule has 1 aliphatic rings. The maximum atomic E-state index is 12.5. The van der Waals surface area contributed by atoms with E-state index in [0.717, 1.165) is 0 Å². The summed E-state index contributed by atoms with van der Waals surface area (Å²) in [6.45, 7) is 3.08. The van der Waals surface area contributed by atoms with Gasteiger partial charge in [-0.1, -0.05) is 11.6 Å². The van der Waals surface area contributed by atoms with Crippen molar-refractivity contribution in [3.8, 4) is 0 Å². The first kappa shape index (κ1) is 16.2. The highest BCUT2D eigenvalue weighted by Crippen LogP contribution is 2.27. The van der Waals surface area contributed by atoms with Crippen LogP contribution in [-0.2, 0) is 14.8 Å². The van der Waals surface area contributed by atoms with Crippen molar-refractivity contribution >= 4 is 27.5 Å².